The minimum Gasteiger partial charge on any atom is -0.351 e. The van der Waals surface area contributed by atoms with Crippen molar-refractivity contribution in [2.24, 2.45) is 7.05 Å². The van der Waals surface area contributed by atoms with Crippen LogP contribution in [0.25, 0.3) is 0 Å². The molecule has 0 aliphatic carbocycles. The highest BCUT2D eigenvalue weighted by Gasteiger charge is 2.22. The third-order valence-electron chi connectivity index (χ3n) is 2.89. The number of hydrogen-bond donors (Lipinski definition) is 1. The highest BCUT2D eigenvalue weighted by Crippen LogP contribution is 2.11. The average molecular weight is 255 g/mol. The van der Waals surface area contributed by atoms with Crippen molar-refractivity contribution in [3.63, 3.8) is 0 Å². The van der Waals surface area contributed by atoms with Gasteiger partial charge in [0.15, 0.2) is 6.29 Å². The zero-order valence-electron chi connectivity index (χ0n) is 12.1. The van der Waals surface area contributed by atoms with Crippen LogP contribution in [-0.4, -0.2) is 42.4 Å². The number of likely N-dealkylation sites (N-methyl/N-ethyl adjacent to an activating group) is 1. The molecule has 1 N–H and O–H groups in total. The molecule has 0 saturated heterocycles. The number of hydrogen-bond acceptors (Lipinski definition) is 4. The maximum Gasteiger partial charge on any atom is 0.173 e. The molecular weight excluding hydrogens is 230 g/mol. The van der Waals surface area contributed by atoms with E-state index in [-0.39, 0.29) is 12.3 Å². The van der Waals surface area contributed by atoms with Crippen LogP contribution in [0.4, 0.5) is 0 Å². The van der Waals surface area contributed by atoms with E-state index < -0.39 is 0 Å². The fraction of sp³-hybridized carbons (Fsp3) is 0.769. The molecule has 0 fully saturated rings. The molecular formula is C13H25N3O2. The van der Waals surface area contributed by atoms with Crippen LogP contribution in [0.2, 0.25) is 0 Å². The molecule has 0 aromatic carbocycles. The van der Waals surface area contributed by atoms with E-state index in [1.165, 1.54) is 5.69 Å². The second kappa shape index (κ2) is 7.51. The summed E-state index contributed by atoms with van der Waals surface area (Å²) in [4.78, 5) is 0. The molecule has 0 aliphatic heterocycles. The quantitative estimate of drug-likeness (QED) is 0.710. The van der Waals surface area contributed by atoms with Crippen LogP contribution in [0.3, 0.4) is 0 Å². The van der Waals surface area contributed by atoms with Gasteiger partial charge in [-0.3, -0.25) is 4.68 Å². The summed E-state index contributed by atoms with van der Waals surface area (Å²) in [6.07, 6.45) is 0.610. The molecule has 0 spiro atoms. The maximum absolute atomic E-state index is 5.64. The fourth-order valence-corrected chi connectivity index (χ4v) is 2.02. The molecule has 0 saturated carbocycles. The Morgan fingerprint density at radius 3 is 2.33 bits per heavy atom. The summed E-state index contributed by atoms with van der Waals surface area (Å²) in [6.45, 7) is 7.25. The lowest BCUT2D eigenvalue weighted by Crippen LogP contribution is -2.43. The van der Waals surface area contributed by atoms with Gasteiger partial charge in [0.25, 0.3) is 0 Å². The Kier molecular flexibility index (Phi) is 6.32. The van der Waals surface area contributed by atoms with E-state index in [4.69, 9.17) is 9.47 Å². The van der Waals surface area contributed by atoms with Gasteiger partial charge in [-0.15, -0.1) is 0 Å². The summed E-state index contributed by atoms with van der Waals surface area (Å²) in [5, 5.41) is 7.62. The fourth-order valence-electron chi connectivity index (χ4n) is 2.02. The van der Waals surface area contributed by atoms with E-state index in [0.717, 1.165) is 12.1 Å². The Balaban J connectivity index is 2.72. The Morgan fingerprint density at radius 1 is 1.33 bits per heavy atom. The highest BCUT2D eigenvalue weighted by atomic mass is 16.7. The third kappa shape index (κ3) is 4.08. The molecule has 1 heterocycles. The van der Waals surface area contributed by atoms with Crippen LogP contribution in [0.1, 0.15) is 25.2 Å². The maximum atomic E-state index is 5.64. The molecule has 0 aliphatic rings. The van der Waals surface area contributed by atoms with Crippen LogP contribution in [0.15, 0.2) is 6.07 Å². The van der Waals surface area contributed by atoms with Gasteiger partial charge in [-0.1, -0.05) is 0 Å². The van der Waals surface area contributed by atoms with Crippen LogP contribution >= 0.6 is 0 Å². The van der Waals surface area contributed by atoms with Crippen molar-refractivity contribution in [3.05, 3.63) is 17.5 Å². The lowest BCUT2D eigenvalue weighted by atomic mass is 10.1. The first kappa shape index (κ1) is 15.1. The number of aromatic nitrogens is 2. The van der Waals surface area contributed by atoms with Crippen LogP contribution in [-0.2, 0) is 22.9 Å². The second-order valence-electron chi connectivity index (χ2n) is 4.28. The summed E-state index contributed by atoms with van der Waals surface area (Å²) < 4.78 is 13.2. The van der Waals surface area contributed by atoms with E-state index in [1.807, 2.05) is 39.5 Å². The van der Waals surface area contributed by atoms with Gasteiger partial charge in [0, 0.05) is 32.4 Å². The van der Waals surface area contributed by atoms with Gasteiger partial charge in [-0.2, -0.15) is 5.10 Å². The van der Waals surface area contributed by atoms with Crippen molar-refractivity contribution in [1.82, 2.24) is 15.1 Å². The number of ether oxygens (including phenoxy) is 2. The van der Waals surface area contributed by atoms with Gasteiger partial charge in [-0.25, -0.2) is 0 Å². The minimum atomic E-state index is -0.222. The van der Waals surface area contributed by atoms with Gasteiger partial charge in [0.2, 0.25) is 0 Å². The first-order valence-electron chi connectivity index (χ1n) is 6.52. The average Bonchev–Trinajstić information content (AvgIpc) is 2.64. The van der Waals surface area contributed by atoms with Crippen molar-refractivity contribution >= 4 is 0 Å². The zero-order valence-corrected chi connectivity index (χ0v) is 12.1. The van der Waals surface area contributed by atoms with E-state index in [0.29, 0.717) is 13.2 Å². The van der Waals surface area contributed by atoms with Crippen LogP contribution in [0, 0.1) is 6.92 Å². The van der Waals surface area contributed by atoms with E-state index in [2.05, 4.69) is 16.5 Å². The SMILES string of the molecule is CCOC(OCC)C(Cc1cc(C)nn1C)NC. The van der Waals surface area contributed by atoms with Gasteiger partial charge in [-0.05, 0) is 33.9 Å². The number of rotatable bonds is 8. The van der Waals surface area contributed by atoms with Crippen LogP contribution in [0.5, 0.6) is 0 Å². The molecule has 18 heavy (non-hydrogen) atoms. The summed E-state index contributed by atoms with van der Waals surface area (Å²) >= 11 is 0. The highest BCUT2D eigenvalue weighted by molar-refractivity contribution is 5.10. The summed E-state index contributed by atoms with van der Waals surface area (Å²) in [7, 11) is 3.89. The molecule has 1 aromatic heterocycles. The molecule has 1 aromatic rings. The second-order valence-corrected chi connectivity index (χ2v) is 4.28. The summed E-state index contributed by atoms with van der Waals surface area (Å²) in [5.74, 6) is 0. The lowest BCUT2D eigenvalue weighted by Gasteiger charge is -2.26. The molecule has 0 amide bonds. The topological polar surface area (TPSA) is 48.3 Å². The predicted molar refractivity (Wildman–Crippen MR) is 71.5 cm³/mol. The summed E-state index contributed by atoms with van der Waals surface area (Å²) in [6, 6.07) is 2.22. The molecule has 5 heteroatoms. The van der Waals surface area contributed by atoms with Crippen molar-refractivity contribution in [1.29, 1.82) is 0 Å². The van der Waals surface area contributed by atoms with Crippen molar-refractivity contribution in [2.45, 2.75) is 39.5 Å². The van der Waals surface area contributed by atoms with Gasteiger partial charge in [0.1, 0.15) is 0 Å². The largest absolute Gasteiger partial charge is 0.351 e. The molecule has 104 valence electrons. The molecule has 1 atom stereocenters. The first-order valence-corrected chi connectivity index (χ1v) is 6.52. The summed E-state index contributed by atoms with van der Waals surface area (Å²) in [5.41, 5.74) is 2.21. The monoisotopic (exact) mass is 255 g/mol. The van der Waals surface area contributed by atoms with E-state index in [9.17, 15) is 0 Å². The van der Waals surface area contributed by atoms with E-state index in [1.54, 1.807) is 0 Å². The van der Waals surface area contributed by atoms with Gasteiger partial charge < -0.3 is 14.8 Å². The molecule has 1 unspecified atom stereocenters. The number of nitrogens with zero attached hydrogens (tertiary/aromatic N) is 2. The van der Waals surface area contributed by atoms with Gasteiger partial charge >= 0.3 is 0 Å². The molecule has 0 radical (unpaired) electrons. The predicted octanol–water partition coefficient (Wildman–Crippen LogP) is 1.26. The number of aryl methyl sites for hydroxylation is 2. The van der Waals surface area contributed by atoms with Crippen molar-refractivity contribution < 1.29 is 9.47 Å². The first-order chi connectivity index (χ1) is 8.62. The third-order valence-corrected chi connectivity index (χ3v) is 2.89. The van der Waals surface area contributed by atoms with Crippen molar-refractivity contribution in [2.75, 3.05) is 20.3 Å². The molecule has 0 bridgehead atoms. The Morgan fingerprint density at radius 2 is 1.94 bits per heavy atom. The molecule has 5 nitrogen and oxygen atoms in total. The molecule has 1 rings (SSSR count). The smallest absolute Gasteiger partial charge is 0.173 e. The Bertz CT molecular complexity index is 346. The van der Waals surface area contributed by atoms with Crippen LogP contribution < -0.4 is 5.32 Å². The van der Waals surface area contributed by atoms with Gasteiger partial charge in [0.05, 0.1) is 11.7 Å². The standard InChI is InChI=1S/C13H25N3O2/c1-6-17-13(18-7-2)12(14-4)9-11-8-10(3)15-16(11)5/h8,12-14H,6-7,9H2,1-5H3. The number of nitrogens with one attached hydrogen (secondary N) is 1. The normalized spacial score (nSPS) is 13.2. The van der Waals surface area contributed by atoms with E-state index >= 15 is 0 Å². The Hall–Kier alpha value is -0.910. The lowest BCUT2D eigenvalue weighted by molar-refractivity contribution is -0.153. The Labute approximate surface area is 109 Å². The minimum absolute atomic E-state index is 0.125. The zero-order chi connectivity index (χ0) is 13.5. The van der Waals surface area contributed by atoms with Crippen molar-refractivity contribution in [3.8, 4) is 0 Å².